The molecule has 0 saturated heterocycles. The number of ether oxygens (including phenoxy) is 2. The average Bonchev–Trinajstić information content (AvgIpc) is 2.13. The van der Waals surface area contributed by atoms with Gasteiger partial charge in [0.25, 0.3) is 6.47 Å². The highest BCUT2D eigenvalue weighted by Crippen LogP contribution is 2.03. The normalized spacial score (nSPS) is 9.31. The molecule has 0 aliphatic rings. The van der Waals surface area contributed by atoms with Crippen LogP contribution in [0.2, 0.25) is 0 Å². The van der Waals surface area contributed by atoms with Crippen molar-refractivity contribution in [1.29, 1.82) is 0 Å². The first kappa shape index (κ1) is 11.9. The lowest BCUT2D eigenvalue weighted by Crippen LogP contribution is -2.07. The number of hydrogen-bond donors (Lipinski definition) is 0. The smallest absolute Gasteiger partial charge is 0.308 e. The van der Waals surface area contributed by atoms with Crippen molar-refractivity contribution in [3.63, 3.8) is 0 Å². The van der Waals surface area contributed by atoms with E-state index in [0.29, 0.717) is 6.42 Å². The van der Waals surface area contributed by atoms with Gasteiger partial charge in [-0.25, -0.2) is 0 Å². The lowest BCUT2D eigenvalue weighted by Gasteiger charge is -2.02. The molecule has 0 atom stereocenters. The van der Waals surface area contributed by atoms with Crippen LogP contribution >= 0.6 is 0 Å². The monoisotopic (exact) mass is 188 g/mol. The van der Waals surface area contributed by atoms with Gasteiger partial charge in [-0.2, -0.15) is 0 Å². The molecule has 0 N–H and O–H groups in total. The van der Waals surface area contributed by atoms with Crippen LogP contribution in [0.25, 0.3) is 0 Å². The van der Waals surface area contributed by atoms with E-state index < -0.39 is 0 Å². The van der Waals surface area contributed by atoms with Crippen molar-refractivity contribution < 1.29 is 19.1 Å². The number of unbranched alkanes of at least 4 members (excludes halogenated alkanes) is 3. The number of hydrogen-bond acceptors (Lipinski definition) is 4. The van der Waals surface area contributed by atoms with Crippen LogP contribution in [-0.2, 0) is 19.1 Å². The zero-order valence-electron chi connectivity index (χ0n) is 7.95. The minimum absolute atomic E-state index is 0.254. The van der Waals surface area contributed by atoms with Crippen molar-refractivity contribution >= 4 is 12.4 Å². The average molecular weight is 188 g/mol. The highest BCUT2D eigenvalue weighted by molar-refractivity contribution is 5.69. The number of carbonyl (C=O) groups excluding carboxylic acids is 2. The van der Waals surface area contributed by atoms with Crippen LogP contribution < -0.4 is 0 Å². The van der Waals surface area contributed by atoms with E-state index in [9.17, 15) is 9.59 Å². The van der Waals surface area contributed by atoms with E-state index in [0.717, 1.165) is 25.7 Å². The molecular weight excluding hydrogens is 172 g/mol. The maximum absolute atomic E-state index is 10.9. The first-order chi connectivity index (χ1) is 6.31. The van der Waals surface area contributed by atoms with Gasteiger partial charge in [0.1, 0.15) is 0 Å². The summed E-state index contributed by atoms with van der Waals surface area (Å²) in [5.41, 5.74) is 0. The van der Waals surface area contributed by atoms with Gasteiger partial charge in [0.2, 0.25) is 6.79 Å². The van der Waals surface area contributed by atoms with E-state index in [2.05, 4.69) is 16.4 Å². The van der Waals surface area contributed by atoms with Crippen LogP contribution in [0.1, 0.15) is 39.0 Å². The van der Waals surface area contributed by atoms with Gasteiger partial charge in [-0.3, -0.25) is 9.59 Å². The Bertz CT molecular complexity index is 145. The molecule has 0 amide bonds. The molecule has 13 heavy (non-hydrogen) atoms. The van der Waals surface area contributed by atoms with Gasteiger partial charge in [-0.1, -0.05) is 26.2 Å². The summed E-state index contributed by atoms with van der Waals surface area (Å²) in [6, 6.07) is 0. The van der Waals surface area contributed by atoms with Crippen molar-refractivity contribution in [3.8, 4) is 0 Å². The van der Waals surface area contributed by atoms with Crippen molar-refractivity contribution in [2.75, 3.05) is 6.79 Å². The minimum Gasteiger partial charge on any atom is -0.430 e. The molecule has 4 heteroatoms. The van der Waals surface area contributed by atoms with Gasteiger partial charge in [-0.15, -0.1) is 0 Å². The molecule has 0 aliphatic carbocycles. The molecule has 0 rings (SSSR count). The number of esters is 1. The van der Waals surface area contributed by atoms with Crippen LogP contribution in [0.4, 0.5) is 0 Å². The fourth-order valence-corrected chi connectivity index (χ4v) is 0.896. The Morgan fingerprint density at radius 1 is 1.31 bits per heavy atom. The Morgan fingerprint density at radius 3 is 2.69 bits per heavy atom. The Hall–Kier alpha value is -1.06. The van der Waals surface area contributed by atoms with Crippen molar-refractivity contribution in [2.45, 2.75) is 39.0 Å². The fraction of sp³-hybridized carbons (Fsp3) is 0.778. The van der Waals surface area contributed by atoms with E-state index in [1.165, 1.54) is 0 Å². The maximum atomic E-state index is 10.9. The first-order valence-electron chi connectivity index (χ1n) is 4.52. The molecule has 0 aliphatic heterocycles. The summed E-state index contributed by atoms with van der Waals surface area (Å²) in [6.45, 7) is 2.09. The minimum atomic E-state index is -0.307. The molecule has 76 valence electrons. The zero-order chi connectivity index (χ0) is 9.94. The molecule has 4 nitrogen and oxygen atoms in total. The molecule has 0 heterocycles. The topological polar surface area (TPSA) is 52.6 Å². The molecule has 0 saturated carbocycles. The molecule has 0 aromatic rings. The molecule has 0 radical (unpaired) electrons. The molecule has 0 spiro atoms. The Morgan fingerprint density at radius 2 is 2.08 bits per heavy atom. The second-order valence-electron chi connectivity index (χ2n) is 2.71. The molecule has 0 unspecified atom stereocenters. The molecule has 0 aromatic heterocycles. The summed E-state index contributed by atoms with van der Waals surface area (Å²) < 4.78 is 8.78. The van der Waals surface area contributed by atoms with Crippen LogP contribution in [0.5, 0.6) is 0 Å². The SMILES string of the molecule is CCCCCCC(=O)OCOC=O. The van der Waals surface area contributed by atoms with Crippen LogP contribution in [0.15, 0.2) is 0 Å². The number of carbonyl (C=O) groups is 2. The predicted molar refractivity (Wildman–Crippen MR) is 46.9 cm³/mol. The van der Waals surface area contributed by atoms with Crippen molar-refractivity contribution in [3.05, 3.63) is 0 Å². The molecular formula is C9H16O4. The summed E-state index contributed by atoms with van der Waals surface area (Å²) in [4.78, 5) is 20.5. The first-order valence-corrected chi connectivity index (χ1v) is 4.52. The van der Waals surface area contributed by atoms with E-state index in [4.69, 9.17) is 0 Å². The van der Waals surface area contributed by atoms with Gasteiger partial charge in [-0.05, 0) is 6.42 Å². The third-order valence-electron chi connectivity index (χ3n) is 1.59. The van der Waals surface area contributed by atoms with Gasteiger partial charge in [0.15, 0.2) is 0 Å². The third-order valence-corrected chi connectivity index (χ3v) is 1.59. The lowest BCUT2D eigenvalue weighted by atomic mass is 10.2. The second kappa shape index (κ2) is 9.03. The maximum Gasteiger partial charge on any atom is 0.308 e. The van der Waals surface area contributed by atoms with E-state index in [1.807, 2.05) is 0 Å². The zero-order valence-corrected chi connectivity index (χ0v) is 7.95. The lowest BCUT2D eigenvalue weighted by molar-refractivity contribution is -0.160. The standard InChI is InChI=1S/C9H16O4/c1-2-3-4-5-6-9(11)13-8-12-7-10/h7H,2-6,8H2,1H3. The second-order valence-corrected chi connectivity index (χ2v) is 2.71. The van der Waals surface area contributed by atoms with Gasteiger partial charge >= 0.3 is 5.97 Å². The Balaban J connectivity index is 3.15. The van der Waals surface area contributed by atoms with E-state index >= 15 is 0 Å². The number of rotatable bonds is 8. The highest BCUT2D eigenvalue weighted by Gasteiger charge is 2.01. The largest absolute Gasteiger partial charge is 0.430 e. The van der Waals surface area contributed by atoms with E-state index in [-0.39, 0.29) is 19.2 Å². The van der Waals surface area contributed by atoms with E-state index in [1.54, 1.807) is 0 Å². The summed E-state index contributed by atoms with van der Waals surface area (Å²) in [5.74, 6) is -0.307. The Labute approximate surface area is 78.2 Å². The third kappa shape index (κ3) is 8.85. The summed E-state index contributed by atoms with van der Waals surface area (Å²) in [5, 5.41) is 0. The highest BCUT2D eigenvalue weighted by atomic mass is 16.7. The summed E-state index contributed by atoms with van der Waals surface area (Å²) in [6.07, 6.45) is 4.57. The van der Waals surface area contributed by atoms with Crippen molar-refractivity contribution in [2.24, 2.45) is 0 Å². The fourth-order valence-electron chi connectivity index (χ4n) is 0.896. The molecule has 0 aromatic carbocycles. The van der Waals surface area contributed by atoms with Gasteiger partial charge in [0, 0.05) is 6.42 Å². The van der Waals surface area contributed by atoms with Gasteiger partial charge in [0.05, 0.1) is 0 Å². The van der Waals surface area contributed by atoms with Crippen LogP contribution in [0, 0.1) is 0 Å². The van der Waals surface area contributed by atoms with Crippen LogP contribution in [0.3, 0.4) is 0 Å². The predicted octanol–water partition coefficient (Wildman–Crippen LogP) is 1.63. The summed E-state index contributed by atoms with van der Waals surface area (Å²) in [7, 11) is 0. The van der Waals surface area contributed by atoms with Crippen molar-refractivity contribution in [1.82, 2.24) is 0 Å². The summed E-state index contributed by atoms with van der Waals surface area (Å²) >= 11 is 0. The van der Waals surface area contributed by atoms with Crippen LogP contribution in [-0.4, -0.2) is 19.2 Å². The quantitative estimate of drug-likeness (QED) is 0.251. The van der Waals surface area contributed by atoms with Gasteiger partial charge < -0.3 is 9.47 Å². The Kier molecular flexibility index (Phi) is 8.30. The molecule has 0 fully saturated rings. The molecule has 0 bridgehead atoms.